The average Bonchev–Trinajstić information content (AvgIpc) is 2.88. The van der Waals surface area contributed by atoms with E-state index in [1.165, 1.54) is 23.6 Å². The maximum absolute atomic E-state index is 14.7. The Bertz CT molecular complexity index is 1140. The van der Waals surface area contributed by atoms with Crippen molar-refractivity contribution in [2.75, 3.05) is 10.7 Å². The SMILES string of the molecule is CC(=O)N1c2ccccc2-c2nnc(SCC(C)C)nc2O[C@H]1c1cc(F)ccc1F. The van der Waals surface area contributed by atoms with Gasteiger partial charge in [0.05, 0.1) is 11.3 Å². The number of carbonyl (C=O) groups is 1. The van der Waals surface area contributed by atoms with Gasteiger partial charge in [0.25, 0.3) is 0 Å². The van der Waals surface area contributed by atoms with E-state index < -0.39 is 23.8 Å². The Hall–Kier alpha value is -3.07. The monoisotopic (exact) mass is 442 g/mol. The van der Waals surface area contributed by atoms with E-state index in [4.69, 9.17) is 4.74 Å². The van der Waals surface area contributed by atoms with Gasteiger partial charge in [-0.15, -0.1) is 10.2 Å². The van der Waals surface area contributed by atoms with Gasteiger partial charge in [0.15, 0.2) is 5.69 Å². The highest BCUT2D eigenvalue weighted by Gasteiger charge is 2.36. The van der Waals surface area contributed by atoms with Gasteiger partial charge in [-0.05, 0) is 30.2 Å². The molecule has 1 aromatic heterocycles. The number of ether oxygens (including phenoxy) is 1. The molecule has 31 heavy (non-hydrogen) atoms. The zero-order chi connectivity index (χ0) is 22.1. The van der Waals surface area contributed by atoms with Gasteiger partial charge in [-0.2, -0.15) is 4.98 Å². The Balaban J connectivity index is 1.91. The molecule has 1 aliphatic rings. The summed E-state index contributed by atoms with van der Waals surface area (Å²) in [5.74, 6) is -0.456. The van der Waals surface area contributed by atoms with Crippen LogP contribution in [0.5, 0.6) is 5.88 Å². The third-order valence-corrected chi connectivity index (χ3v) is 5.89. The molecule has 0 spiro atoms. The number of hydrogen-bond acceptors (Lipinski definition) is 6. The summed E-state index contributed by atoms with van der Waals surface area (Å²) in [4.78, 5) is 18.4. The smallest absolute Gasteiger partial charge is 0.247 e. The molecule has 9 heteroatoms. The summed E-state index contributed by atoms with van der Waals surface area (Å²) < 4.78 is 34.8. The van der Waals surface area contributed by atoms with Crippen LogP contribution in [0.25, 0.3) is 11.3 Å². The minimum atomic E-state index is -1.27. The second-order valence-electron chi connectivity index (χ2n) is 7.50. The molecule has 160 valence electrons. The predicted molar refractivity (Wildman–Crippen MR) is 114 cm³/mol. The van der Waals surface area contributed by atoms with Crippen LogP contribution in [0.1, 0.15) is 32.6 Å². The summed E-state index contributed by atoms with van der Waals surface area (Å²) in [6.07, 6.45) is -1.27. The summed E-state index contributed by atoms with van der Waals surface area (Å²) in [7, 11) is 0. The number of aromatic nitrogens is 3. The molecule has 0 saturated heterocycles. The topological polar surface area (TPSA) is 68.2 Å². The number of para-hydroxylation sites is 1. The van der Waals surface area contributed by atoms with E-state index in [-0.39, 0.29) is 11.4 Å². The van der Waals surface area contributed by atoms with E-state index in [9.17, 15) is 13.6 Å². The largest absolute Gasteiger partial charge is 0.447 e. The van der Waals surface area contributed by atoms with Crippen molar-refractivity contribution in [3.05, 3.63) is 59.7 Å². The maximum atomic E-state index is 14.7. The standard InChI is InChI=1S/C22H20F2N4O2S/c1-12(2)11-31-22-25-20-19(26-27-22)15-6-4-5-7-18(15)28(13(3)29)21(30-20)16-10-14(23)8-9-17(16)24/h4-10,12,21H,11H2,1-3H3/t21-/m0/s1. The number of nitrogens with zero attached hydrogens (tertiary/aromatic N) is 4. The van der Waals surface area contributed by atoms with Crippen LogP contribution >= 0.6 is 11.8 Å². The zero-order valence-electron chi connectivity index (χ0n) is 17.2. The summed E-state index contributed by atoms with van der Waals surface area (Å²) in [6.45, 7) is 5.48. The van der Waals surface area contributed by atoms with Gasteiger partial charge in [-0.1, -0.05) is 43.8 Å². The molecule has 2 heterocycles. The number of fused-ring (bicyclic) bond motifs is 3. The zero-order valence-corrected chi connectivity index (χ0v) is 18.0. The molecule has 0 N–H and O–H groups in total. The van der Waals surface area contributed by atoms with Gasteiger partial charge >= 0.3 is 0 Å². The van der Waals surface area contributed by atoms with Crippen LogP contribution in [-0.2, 0) is 4.79 Å². The molecule has 3 aromatic rings. The Morgan fingerprint density at radius 2 is 1.97 bits per heavy atom. The number of hydrogen-bond donors (Lipinski definition) is 0. The lowest BCUT2D eigenvalue weighted by molar-refractivity contribution is -0.118. The second kappa shape index (κ2) is 8.58. The normalized spacial score (nSPS) is 15.2. The van der Waals surface area contributed by atoms with E-state index >= 15 is 0 Å². The van der Waals surface area contributed by atoms with Crippen LogP contribution in [0.4, 0.5) is 14.5 Å². The van der Waals surface area contributed by atoms with Crippen LogP contribution < -0.4 is 9.64 Å². The molecule has 6 nitrogen and oxygen atoms in total. The maximum Gasteiger partial charge on any atom is 0.247 e. The van der Waals surface area contributed by atoms with E-state index in [1.807, 2.05) is 0 Å². The van der Waals surface area contributed by atoms with Crippen LogP contribution in [0.3, 0.4) is 0 Å². The number of rotatable bonds is 4. The van der Waals surface area contributed by atoms with Crippen molar-refractivity contribution < 1.29 is 18.3 Å². The molecule has 0 saturated carbocycles. The summed E-state index contributed by atoms with van der Waals surface area (Å²) in [6, 6.07) is 10.0. The fraction of sp³-hybridized carbons (Fsp3) is 0.273. The van der Waals surface area contributed by atoms with Crippen LogP contribution in [0.15, 0.2) is 47.6 Å². The highest BCUT2D eigenvalue weighted by Crippen LogP contribution is 2.43. The van der Waals surface area contributed by atoms with Crippen molar-refractivity contribution in [1.82, 2.24) is 15.2 Å². The third kappa shape index (κ3) is 4.23. The van der Waals surface area contributed by atoms with Crippen molar-refractivity contribution in [3.8, 4) is 17.1 Å². The number of thioether (sulfide) groups is 1. The van der Waals surface area contributed by atoms with Gasteiger partial charge in [0, 0.05) is 18.2 Å². The highest BCUT2D eigenvalue weighted by molar-refractivity contribution is 7.99. The van der Waals surface area contributed by atoms with Gasteiger partial charge in [-0.25, -0.2) is 8.78 Å². The number of anilines is 1. The number of halogens is 2. The minimum absolute atomic E-state index is 0.103. The van der Waals surface area contributed by atoms with Gasteiger partial charge in [0.1, 0.15) is 11.6 Å². The lowest BCUT2D eigenvalue weighted by atomic mass is 10.1. The molecule has 0 fully saturated rings. The van der Waals surface area contributed by atoms with Gasteiger partial charge < -0.3 is 4.74 Å². The van der Waals surface area contributed by atoms with Crippen LogP contribution in [0.2, 0.25) is 0 Å². The second-order valence-corrected chi connectivity index (χ2v) is 8.48. The molecule has 0 bridgehead atoms. The van der Waals surface area contributed by atoms with Crippen molar-refractivity contribution >= 4 is 23.4 Å². The third-order valence-electron chi connectivity index (χ3n) is 4.62. The molecule has 1 atom stereocenters. The average molecular weight is 442 g/mol. The van der Waals surface area contributed by atoms with E-state index in [1.54, 1.807) is 24.3 Å². The highest BCUT2D eigenvalue weighted by atomic mass is 32.2. The first-order chi connectivity index (χ1) is 14.8. The quantitative estimate of drug-likeness (QED) is 0.529. The lowest BCUT2D eigenvalue weighted by Gasteiger charge is -2.30. The Labute approximate surface area is 182 Å². The minimum Gasteiger partial charge on any atom is -0.447 e. The molecule has 0 radical (unpaired) electrons. The van der Waals surface area contributed by atoms with Crippen molar-refractivity contribution in [3.63, 3.8) is 0 Å². The number of benzene rings is 2. The first-order valence-corrected chi connectivity index (χ1v) is 10.7. The first-order valence-electron chi connectivity index (χ1n) is 9.73. The van der Waals surface area contributed by atoms with E-state index in [0.29, 0.717) is 28.0 Å². The van der Waals surface area contributed by atoms with Gasteiger partial charge in [-0.3, -0.25) is 9.69 Å². The molecular weight excluding hydrogens is 422 g/mol. The van der Waals surface area contributed by atoms with Crippen LogP contribution in [-0.4, -0.2) is 26.8 Å². The molecule has 0 unspecified atom stereocenters. The summed E-state index contributed by atoms with van der Waals surface area (Å²) >= 11 is 1.42. The van der Waals surface area contributed by atoms with Gasteiger partial charge in [0.2, 0.25) is 23.2 Å². The first kappa shape index (κ1) is 21.2. The molecule has 1 amide bonds. The lowest BCUT2D eigenvalue weighted by Crippen LogP contribution is -2.36. The summed E-state index contributed by atoms with van der Waals surface area (Å²) in [5, 5.41) is 8.89. The fourth-order valence-electron chi connectivity index (χ4n) is 3.26. The van der Waals surface area contributed by atoms with Crippen molar-refractivity contribution in [1.29, 1.82) is 0 Å². The predicted octanol–water partition coefficient (Wildman–Crippen LogP) is 5.01. The van der Waals surface area contributed by atoms with Crippen LogP contribution in [0, 0.1) is 17.6 Å². The van der Waals surface area contributed by atoms with E-state index in [0.717, 1.165) is 24.0 Å². The molecule has 4 rings (SSSR count). The molecule has 2 aromatic carbocycles. The number of amides is 1. The number of carbonyl (C=O) groups excluding carboxylic acids is 1. The Morgan fingerprint density at radius 1 is 1.19 bits per heavy atom. The van der Waals surface area contributed by atoms with Crippen molar-refractivity contribution in [2.45, 2.75) is 32.2 Å². The van der Waals surface area contributed by atoms with E-state index in [2.05, 4.69) is 29.0 Å². The molecular formula is C22H20F2N4O2S. The van der Waals surface area contributed by atoms with Crippen molar-refractivity contribution in [2.24, 2.45) is 5.92 Å². The Kier molecular flexibility index (Phi) is 5.86. The summed E-state index contributed by atoms with van der Waals surface area (Å²) in [5.41, 5.74) is 1.22. The molecule has 0 aliphatic carbocycles. The Morgan fingerprint density at radius 3 is 2.71 bits per heavy atom. The fourth-order valence-corrected chi connectivity index (χ4v) is 3.99. The molecule has 1 aliphatic heterocycles.